The van der Waals surface area contributed by atoms with Gasteiger partial charge in [-0.2, -0.15) is 0 Å². The normalized spacial score (nSPS) is 16.7. The zero-order chi connectivity index (χ0) is 26.0. The molecule has 11 nitrogen and oxygen atoms in total. The number of para-hydroxylation sites is 1. The van der Waals surface area contributed by atoms with Crippen LogP contribution in [0.3, 0.4) is 0 Å². The van der Waals surface area contributed by atoms with Gasteiger partial charge in [0.05, 0.1) is 50.7 Å². The van der Waals surface area contributed by atoms with E-state index in [2.05, 4.69) is 0 Å². The van der Waals surface area contributed by atoms with Gasteiger partial charge in [-0.15, -0.1) is 0 Å². The van der Waals surface area contributed by atoms with Gasteiger partial charge in [-0.1, -0.05) is 18.2 Å². The minimum atomic E-state index is -1.11. The first-order valence-corrected chi connectivity index (χ1v) is 10.7. The Morgan fingerprint density at radius 2 is 1.50 bits per heavy atom. The Labute approximate surface area is 206 Å². The standard InChI is InChI=1S/C25H24N2O9/c1-32-19-13-17(27(30)31)16(12-18(19)28)22-24(36-15-8-6-5-7-9-15)25(29)26(22)14-10-20(33-2)23(35-4)21(11-14)34-3/h5-13,22,24,28H,1-4H3/t22-,24+/m1/s1. The van der Waals surface area contributed by atoms with Crippen LogP contribution < -0.4 is 28.6 Å². The lowest BCUT2D eigenvalue weighted by molar-refractivity contribution is -0.386. The number of β-lactam (4-membered cyclic amide) rings is 1. The summed E-state index contributed by atoms with van der Waals surface area (Å²) in [4.78, 5) is 26.1. The third-order valence-corrected chi connectivity index (χ3v) is 5.82. The van der Waals surface area contributed by atoms with Gasteiger partial charge in [0.25, 0.3) is 11.6 Å². The molecule has 0 saturated carbocycles. The second-order valence-electron chi connectivity index (χ2n) is 7.73. The average molecular weight is 496 g/mol. The molecule has 3 aromatic rings. The van der Waals surface area contributed by atoms with Crippen molar-refractivity contribution in [2.24, 2.45) is 0 Å². The van der Waals surface area contributed by atoms with Gasteiger partial charge in [-0.25, -0.2) is 0 Å². The molecule has 2 atom stereocenters. The zero-order valence-electron chi connectivity index (χ0n) is 20.0. The first-order valence-electron chi connectivity index (χ1n) is 10.7. The van der Waals surface area contributed by atoms with E-state index in [1.807, 2.05) is 0 Å². The number of nitrogens with zero attached hydrogens (tertiary/aromatic N) is 2. The highest BCUT2D eigenvalue weighted by molar-refractivity contribution is 6.06. The number of phenols is 1. The van der Waals surface area contributed by atoms with Gasteiger partial charge in [0.1, 0.15) is 11.8 Å². The van der Waals surface area contributed by atoms with E-state index in [1.54, 1.807) is 42.5 Å². The number of anilines is 1. The van der Waals surface area contributed by atoms with E-state index in [4.69, 9.17) is 23.7 Å². The number of nitro benzene ring substituents is 1. The minimum Gasteiger partial charge on any atom is -0.504 e. The highest BCUT2D eigenvalue weighted by Gasteiger charge is 2.54. The first kappa shape index (κ1) is 24.5. The number of rotatable bonds is 9. The van der Waals surface area contributed by atoms with E-state index in [0.717, 1.165) is 6.07 Å². The Morgan fingerprint density at radius 3 is 2.03 bits per heavy atom. The third-order valence-electron chi connectivity index (χ3n) is 5.82. The molecule has 1 fully saturated rings. The fraction of sp³-hybridized carbons (Fsp3) is 0.240. The molecule has 0 aromatic heterocycles. The molecule has 0 aliphatic carbocycles. The number of methoxy groups -OCH3 is 4. The van der Waals surface area contributed by atoms with Gasteiger partial charge in [-0.3, -0.25) is 19.8 Å². The maximum atomic E-state index is 13.4. The molecular weight excluding hydrogens is 472 g/mol. The summed E-state index contributed by atoms with van der Waals surface area (Å²) >= 11 is 0. The number of phenolic OH excluding ortho intramolecular Hbond substituents is 1. The van der Waals surface area contributed by atoms with Crippen molar-refractivity contribution in [1.82, 2.24) is 0 Å². The molecule has 4 rings (SSSR count). The van der Waals surface area contributed by atoms with Crippen LogP contribution in [0.1, 0.15) is 11.6 Å². The molecule has 0 spiro atoms. The highest BCUT2D eigenvalue weighted by Crippen LogP contribution is 2.50. The van der Waals surface area contributed by atoms with E-state index < -0.39 is 23.0 Å². The molecule has 1 aliphatic rings. The summed E-state index contributed by atoms with van der Waals surface area (Å²) in [6.45, 7) is 0. The van der Waals surface area contributed by atoms with Crippen molar-refractivity contribution in [3.8, 4) is 34.5 Å². The highest BCUT2D eigenvalue weighted by atomic mass is 16.6. The number of carbonyl (C=O) groups excluding carboxylic acids is 1. The fourth-order valence-electron chi connectivity index (χ4n) is 4.15. The molecule has 0 radical (unpaired) electrons. The Morgan fingerprint density at radius 1 is 0.889 bits per heavy atom. The average Bonchev–Trinajstić information content (AvgIpc) is 2.89. The molecule has 0 unspecified atom stereocenters. The van der Waals surface area contributed by atoms with Crippen LogP contribution in [0.4, 0.5) is 11.4 Å². The van der Waals surface area contributed by atoms with E-state index in [1.165, 1.54) is 39.4 Å². The number of aromatic hydroxyl groups is 1. The first-order chi connectivity index (χ1) is 17.3. The molecule has 3 aromatic carbocycles. The number of benzene rings is 3. The molecule has 1 aliphatic heterocycles. The van der Waals surface area contributed by atoms with Crippen LogP contribution in [0.2, 0.25) is 0 Å². The Hall–Kier alpha value is -4.67. The summed E-state index contributed by atoms with van der Waals surface area (Å²) in [7, 11) is 5.61. The van der Waals surface area contributed by atoms with Crippen molar-refractivity contribution < 1.29 is 38.5 Å². The lowest BCUT2D eigenvalue weighted by atomic mass is 9.88. The van der Waals surface area contributed by atoms with Crippen LogP contribution in [0.5, 0.6) is 34.5 Å². The van der Waals surface area contributed by atoms with Crippen molar-refractivity contribution in [2.45, 2.75) is 12.1 Å². The van der Waals surface area contributed by atoms with E-state index in [-0.39, 0.29) is 34.2 Å². The van der Waals surface area contributed by atoms with Gasteiger partial charge < -0.3 is 28.8 Å². The van der Waals surface area contributed by atoms with Crippen LogP contribution in [0.15, 0.2) is 54.6 Å². The summed E-state index contributed by atoms with van der Waals surface area (Å²) in [5, 5.41) is 22.4. The van der Waals surface area contributed by atoms with Crippen molar-refractivity contribution in [3.63, 3.8) is 0 Å². The summed E-state index contributed by atoms with van der Waals surface area (Å²) in [6.07, 6.45) is -1.11. The smallest absolute Gasteiger partial charge is 0.278 e. The van der Waals surface area contributed by atoms with Gasteiger partial charge in [0.2, 0.25) is 11.9 Å². The summed E-state index contributed by atoms with van der Waals surface area (Å²) in [5.41, 5.74) is 0.0471. The molecule has 11 heteroatoms. The molecule has 0 bridgehead atoms. The Kier molecular flexibility index (Phi) is 6.73. The number of hydrogen-bond donors (Lipinski definition) is 1. The third kappa shape index (κ3) is 4.15. The van der Waals surface area contributed by atoms with E-state index in [9.17, 15) is 20.0 Å². The lowest BCUT2D eigenvalue weighted by Crippen LogP contribution is -2.61. The minimum absolute atomic E-state index is 0.0626. The number of nitro groups is 1. The summed E-state index contributed by atoms with van der Waals surface area (Å²) in [6, 6.07) is 13.1. The number of amides is 1. The van der Waals surface area contributed by atoms with E-state index >= 15 is 0 Å². The molecule has 1 saturated heterocycles. The predicted molar refractivity (Wildman–Crippen MR) is 128 cm³/mol. The van der Waals surface area contributed by atoms with Gasteiger partial charge in [0, 0.05) is 12.1 Å². The second-order valence-corrected chi connectivity index (χ2v) is 7.73. The van der Waals surface area contributed by atoms with E-state index in [0.29, 0.717) is 17.2 Å². The fourth-order valence-corrected chi connectivity index (χ4v) is 4.15. The van der Waals surface area contributed by atoms with Crippen molar-refractivity contribution in [2.75, 3.05) is 33.3 Å². The van der Waals surface area contributed by atoms with Crippen molar-refractivity contribution >= 4 is 17.3 Å². The Bertz CT molecular complexity index is 1270. The molecule has 1 N–H and O–H groups in total. The second kappa shape index (κ2) is 9.90. The number of hydrogen-bond acceptors (Lipinski definition) is 9. The van der Waals surface area contributed by atoms with Crippen molar-refractivity contribution in [1.29, 1.82) is 0 Å². The number of carbonyl (C=O) groups is 1. The SMILES string of the molecule is COc1cc([N+](=O)[O-])c([C@@H]2[C@H](Oc3ccccc3)C(=O)N2c2cc(OC)c(OC)c(OC)c2)cc1O. The largest absolute Gasteiger partial charge is 0.504 e. The van der Waals surface area contributed by atoms with Crippen LogP contribution in [-0.2, 0) is 4.79 Å². The maximum Gasteiger partial charge on any atom is 0.278 e. The van der Waals surface area contributed by atoms with Gasteiger partial charge in [-0.05, 0) is 18.2 Å². The van der Waals surface area contributed by atoms with Crippen LogP contribution in [0, 0.1) is 10.1 Å². The summed E-state index contributed by atoms with van der Waals surface area (Å²) < 4.78 is 27.2. The van der Waals surface area contributed by atoms with Gasteiger partial charge >= 0.3 is 0 Å². The summed E-state index contributed by atoms with van der Waals surface area (Å²) in [5.74, 6) is 0.458. The quantitative estimate of drug-likeness (QED) is 0.266. The van der Waals surface area contributed by atoms with Crippen molar-refractivity contribution in [3.05, 3.63) is 70.3 Å². The Balaban J connectivity index is 1.88. The number of ether oxygens (including phenoxy) is 5. The van der Waals surface area contributed by atoms with Gasteiger partial charge in [0.15, 0.2) is 23.0 Å². The predicted octanol–water partition coefficient (Wildman–Crippen LogP) is 3.87. The molecule has 1 amide bonds. The van der Waals surface area contributed by atoms with Crippen LogP contribution in [0.25, 0.3) is 0 Å². The molecule has 188 valence electrons. The van der Waals surface area contributed by atoms with Crippen LogP contribution >= 0.6 is 0 Å². The topological polar surface area (TPSA) is 130 Å². The zero-order valence-corrected chi connectivity index (χ0v) is 20.0. The van der Waals surface area contributed by atoms with Crippen LogP contribution in [-0.4, -0.2) is 50.5 Å². The molecule has 36 heavy (non-hydrogen) atoms. The molecular formula is C25H24N2O9. The monoisotopic (exact) mass is 496 g/mol. The molecule has 1 heterocycles. The lowest BCUT2D eigenvalue weighted by Gasteiger charge is -2.46. The maximum absolute atomic E-state index is 13.4.